The number of fused-ring (bicyclic) bond motifs is 1. The van der Waals surface area contributed by atoms with Crippen LogP contribution in [0.15, 0.2) is 65.2 Å². The SMILES string of the molecule is Cc1cc(NC(=O)Cc2cc(-c3ccc(Cl)cc3)on2)c2ccccc2n1. The van der Waals surface area contributed by atoms with Crippen LogP contribution in [-0.2, 0) is 11.2 Å². The molecule has 1 N–H and O–H groups in total. The van der Waals surface area contributed by atoms with Gasteiger partial charge in [-0.1, -0.05) is 35.0 Å². The number of rotatable bonds is 4. The monoisotopic (exact) mass is 377 g/mol. The van der Waals surface area contributed by atoms with Gasteiger partial charge < -0.3 is 9.84 Å². The van der Waals surface area contributed by atoms with Crippen molar-refractivity contribution in [2.75, 3.05) is 5.32 Å². The minimum atomic E-state index is -0.165. The highest BCUT2D eigenvalue weighted by Gasteiger charge is 2.13. The summed E-state index contributed by atoms with van der Waals surface area (Å²) >= 11 is 5.90. The van der Waals surface area contributed by atoms with Gasteiger partial charge in [0.2, 0.25) is 5.91 Å². The van der Waals surface area contributed by atoms with Crippen molar-refractivity contribution in [3.63, 3.8) is 0 Å². The molecule has 4 aromatic rings. The van der Waals surface area contributed by atoms with E-state index in [9.17, 15) is 4.79 Å². The summed E-state index contributed by atoms with van der Waals surface area (Å²) in [4.78, 5) is 17.0. The lowest BCUT2D eigenvalue weighted by Crippen LogP contribution is -2.15. The van der Waals surface area contributed by atoms with Crippen LogP contribution in [0.3, 0.4) is 0 Å². The molecule has 27 heavy (non-hydrogen) atoms. The van der Waals surface area contributed by atoms with Gasteiger partial charge >= 0.3 is 0 Å². The minimum absolute atomic E-state index is 0.118. The zero-order chi connectivity index (χ0) is 18.8. The molecule has 134 valence electrons. The summed E-state index contributed by atoms with van der Waals surface area (Å²) < 4.78 is 5.35. The molecule has 0 unspecified atom stereocenters. The number of aromatic nitrogens is 2. The molecule has 4 rings (SSSR count). The number of carbonyl (C=O) groups excluding carboxylic acids is 1. The molecule has 2 heterocycles. The van der Waals surface area contributed by atoms with E-state index in [1.807, 2.05) is 49.4 Å². The highest BCUT2D eigenvalue weighted by molar-refractivity contribution is 6.30. The number of amides is 1. The molecule has 0 fully saturated rings. The topological polar surface area (TPSA) is 68.0 Å². The fourth-order valence-corrected chi connectivity index (χ4v) is 3.04. The maximum Gasteiger partial charge on any atom is 0.230 e. The highest BCUT2D eigenvalue weighted by atomic mass is 35.5. The van der Waals surface area contributed by atoms with Gasteiger partial charge in [0.15, 0.2) is 5.76 Å². The molecule has 2 aromatic carbocycles. The molecule has 1 amide bonds. The summed E-state index contributed by atoms with van der Waals surface area (Å²) in [5, 5.41) is 8.50. The summed E-state index contributed by atoms with van der Waals surface area (Å²) in [6.07, 6.45) is 0.118. The average molecular weight is 378 g/mol. The number of para-hydroxylation sites is 1. The van der Waals surface area contributed by atoms with Crippen LogP contribution in [0, 0.1) is 6.92 Å². The summed E-state index contributed by atoms with van der Waals surface area (Å²) in [6.45, 7) is 1.90. The number of carbonyl (C=O) groups is 1. The van der Waals surface area contributed by atoms with E-state index in [1.165, 1.54) is 0 Å². The van der Waals surface area contributed by atoms with E-state index in [-0.39, 0.29) is 12.3 Å². The van der Waals surface area contributed by atoms with Gasteiger partial charge in [-0.3, -0.25) is 9.78 Å². The van der Waals surface area contributed by atoms with Crippen molar-refractivity contribution in [1.82, 2.24) is 10.1 Å². The van der Waals surface area contributed by atoms with Crippen molar-refractivity contribution in [2.45, 2.75) is 13.3 Å². The Labute approximate surface area is 161 Å². The Balaban J connectivity index is 1.51. The van der Waals surface area contributed by atoms with E-state index in [4.69, 9.17) is 16.1 Å². The van der Waals surface area contributed by atoms with Crippen molar-refractivity contribution in [3.05, 3.63) is 77.1 Å². The van der Waals surface area contributed by atoms with Gasteiger partial charge in [0, 0.05) is 27.7 Å². The summed E-state index contributed by atoms with van der Waals surface area (Å²) in [5.74, 6) is 0.432. The smallest absolute Gasteiger partial charge is 0.230 e. The fourth-order valence-electron chi connectivity index (χ4n) is 2.92. The number of halogens is 1. The molecule has 6 heteroatoms. The van der Waals surface area contributed by atoms with Crippen LogP contribution in [0.25, 0.3) is 22.2 Å². The molecule has 0 aliphatic carbocycles. The summed E-state index contributed by atoms with van der Waals surface area (Å²) in [7, 11) is 0. The van der Waals surface area contributed by atoms with Crippen LogP contribution in [-0.4, -0.2) is 16.0 Å². The van der Waals surface area contributed by atoms with Crippen molar-refractivity contribution in [1.29, 1.82) is 0 Å². The van der Waals surface area contributed by atoms with E-state index in [0.717, 1.165) is 27.8 Å². The molecular formula is C21H16ClN3O2. The van der Waals surface area contributed by atoms with E-state index >= 15 is 0 Å². The van der Waals surface area contributed by atoms with Gasteiger partial charge in [0.25, 0.3) is 0 Å². The third-order valence-corrected chi connectivity index (χ3v) is 4.40. The number of hydrogen-bond donors (Lipinski definition) is 1. The molecule has 0 radical (unpaired) electrons. The van der Waals surface area contributed by atoms with Crippen LogP contribution in [0.1, 0.15) is 11.4 Å². The lowest BCUT2D eigenvalue weighted by molar-refractivity contribution is -0.115. The number of aryl methyl sites for hydroxylation is 1. The second-order valence-corrected chi connectivity index (χ2v) is 6.68. The Morgan fingerprint density at radius 3 is 2.70 bits per heavy atom. The van der Waals surface area contributed by atoms with Crippen LogP contribution in [0.4, 0.5) is 5.69 Å². The van der Waals surface area contributed by atoms with Crippen molar-refractivity contribution >= 4 is 34.1 Å². The molecule has 0 bridgehead atoms. The second-order valence-electron chi connectivity index (χ2n) is 6.24. The molecular weight excluding hydrogens is 362 g/mol. The van der Waals surface area contributed by atoms with Crippen LogP contribution in [0.2, 0.25) is 5.02 Å². The number of benzene rings is 2. The number of pyridine rings is 1. The lowest BCUT2D eigenvalue weighted by Gasteiger charge is -2.09. The van der Waals surface area contributed by atoms with Gasteiger partial charge in [0.1, 0.15) is 0 Å². The molecule has 0 saturated carbocycles. The van der Waals surface area contributed by atoms with Gasteiger partial charge in [-0.05, 0) is 43.3 Å². The maximum absolute atomic E-state index is 12.5. The van der Waals surface area contributed by atoms with Crippen LogP contribution < -0.4 is 5.32 Å². The third-order valence-electron chi connectivity index (χ3n) is 4.15. The minimum Gasteiger partial charge on any atom is -0.356 e. The van der Waals surface area contributed by atoms with Gasteiger partial charge in [0.05, 0.1) is 23.3 Å². The zero-order valence-electron chi connectivity index (χ0n) is 14.6. The number of nitrogens with one attached hydrogen (secondary N) is 1. The highest BCUT2D eigenvalue weighted by Crippen LogP contribution is 2.24. The van der Waals surface area contributed by atoms with E-state index < -0.39 is 0 Å². The predicted molar refractivity (Wildman–Crippen MR) is 106 cm³/mol. The number of hydrogen-bond acceptors (Lipinski definition) is 4. The van der Waals surface area contributed by atoms with Crippen molar-refractivity contribution in [3.8, 4) is 11.3 Å². The number of nitrogens with zero attached hydrogens (tertiary/aromatic N) is 2. The Morgan fingerprint density at radius 2 is 1.89 bits per heavy atom. The molecule has 0 spiro atoms. The molecule has 0 atom stereocenters. The molecule has 0 saturated heterocycles. The largest absolute Gasteiger partial charge is 0.356 e. The van der Waals surface area contributed by atoms with E-state index in [2.05, 4.69) is 15.5 Å². The van der Waals surface area contributed by atoms with Crippen molar-refractivity contribution in [2.24, 2.45) is 0 Å². The van der Waals surface area contributed by atoms with Crippen molar-refractivity contribution < 1.29 is 9.32 Å². The first kappa shape index (κ1) is 17.2. The predicted octanol–water partition coefficient (Wildman–Crippen LogP) is 5.03. The summed E-state index contributed by atoms with van der Waals surface area (Å²) in [6, 6.07) is 18.6. The molecule has 2 aromatic heterocycles. The van der Waals surface area contributed by atoms with Gasteiger partial charge in [-0.15, -0.1) is 0 Å². The van der Waals surface area contributed by atoms with Crippen LogP contribution in [0.5, 0.6) is 0 Å². The van der Waals surface area contributed by atoms with E-state index in [0.29, 0.717) is 16.5 Å². The summed E-state index contributed by atoms with van der Waals surface area (Å²) in [5.41, 5.74) is 3.85. The first-order valence-electron chi connectivity index (χ1n) is 8.46. The van der Waals surface area contributed by atoms with Crippen LogP contribution >= 0.6 is 11.6 Å². The van der Waals surface area contributed by atoms with Gasteiger partial charge in [-0.2, -0.15) is 0 Å². The Morgan fingerprint density at radius 1 is 1.11 bits per heavy atom. The number of anilines is 1. The molecule has 5 nitrogen and oxygen atoms in total. The third kappa shape index (κ3) is 3.83. The standard InChI is InChI=1S/C21H16ClN3O2/c1-13-10-19(17-4-2-3-5-18(17)23-13)24-21(26)12-16-11-20(27-25-16)14-6-8-15(22)9-7-14/h2-11H,12H2,1H3,(H,23,24,26). The fraction of sp³-hybridized carbons (Fsp3) is 0.0952. The van der Waals surface area contributed by atoms with Gasteiger partial charge in [-0.25, -0.2) is 0 Å². The molecule has 0 aliphatic rings. The Kier molecular flexibility index (Phi) is 4.60. The second kappa shape index (κ2) is 7.21. The quantitative estimate of drug-likeness (QED) is 0.541. The average Bonchev–Trinajstić information content (AvgIpc) is 3.10. The lowest BCUT2D eigenvalue weighted by atomic mass is 10.1. The molecule has 0 aliphatic heterocycles. The first-order chi connectivity index (χ1) is 13.1. The normalized spacial score (nSPS) is 10.9. The zero-order valence-corrected chi connectivity index (χ0v) is 15.3. The van der Waals surface area contributed by atoms with E-state index in [1.54, 1.807) is 18.2 Å². The Bertz CT molecular complexity index is 1120. The Hall–Kier alpha value is -3.18. The first-order valence-corrected chi connectivity index (χ1v) is 8.84. The maximum atomic E-state index is 12.5.